The Morgan fingerprint density at radius 1 is 0.652 bits per heavy atom. The average Bonchev–Trinajstić information content (AvgIpc) is 3.00. The van der Waals surface area contributed by atoms with Crippen molar-refractivity contribution in [3.8, 4) is 0 Å². The zero-order valence-electron chi connectivity index (χ0n) is 13.0. The number of carbonyl (C=O) groups excluding carboxylic acids is 2. The van der Waals surface area contributed by atoms with E-state index >= 15 is 0 Å². The minimum Gasteiger partial charge on any atom is -0.294 e. The van der Waals surface area contributed by atoms with Gasteiger partial charge in [0.2, 0.25) is 0 Å². The summed E-state index contributed by atoms with van der Waals surface area (Å²) < 4.78 is 0. The zero-order chi connectivity index (χ0) is 15.8. The summed E-state index contributed by atoms with van der Waals surface area (Å²) in [6.45, 7) is 0. The van der Waals surface area contributed by atoms with E-state index in [1.54, 1.807) is 0 Å². The van der Waals surface area contributed by atoms with Gasteiger partial charge in [-0.3, -0.25) is 9.59 Å². The van der Waals surface area contributed by atoms with Crippen LogP contribution in [0.25, 0.3) is 0 Å². The molecule has 4 atom stereocenters. The molecular formula is C21H20O2. The second kappa shape index (κ2) is 5.77. The van der Waals surface area contributed by atoms with Gasteiger partial charge in [-0.05, 0) is 24.7 Å². The number of benzene rings is 2. The van der Waals surface area contributed by atoms with Crippen LogP contribution in [0.15, 0.2) is 60.7 Å². The minimum atomic E-state index is -0.127. The highest BCUT2D eigenvalue weighted by atomic mass is 16.1. The molecule has 2 aromatic rings. The molecule has 2 aromatic carbocycles. The molecule has 0 N–H and O–H groups in total. The first kappa shape index (κ1) is 14.4. The number of hydrogen-bond donors (Lipinski definition) is 0. The summed E-state index contributed by atoms with van der Waals surface area (Å²) in [7, 11) is 0. The third kappa shape index (κ3) is 2.33. The van der Waals surface area contributed by atoms with E-state index in [4.69, 9.17) is 0 Å². The van der Waals surface area contributed by atoms with Crippen molar-refractivity contribution in [3.05, 3.63) is 71.8 Å². The van der Waals surface area contributed by atoms with Crippen LogP contribution in [-0.4, -0.2) is 11.6 Å². The minimum absolute atomic E-state index is 0.127. The SMILES string of the molecule is O=C(c1ccccc1)[C@H]1[C@@H]2CCC[C@@H]2[C@@H]1C(=O)c1ccccc1. The molecule has 0 spiro atoms. The van der Waals surface area contributed by atoms with E-state index in [1.807, 2.05) is 60.7 Å². The van der Waals surface area contributed by atoms with E-state index < -0.39 is 0 Å². The van der Waals surface area contributed by atoms with Gasteiger partial charge in [0.15, 0.2) is 11.6 Å². The summed E-state index contributed by atoms with van der Waals surface area (Å²) >= 11 is 0. The van der Waals surface area contributed by atoms with Crippen LogP contribution in [-0.2, 0) is 0 Å². The fourth-order valence-corrected chi connectivity index (χ4v) is 4.60. The summed E-state index contributed by atoms with van der Waals surface area (Å²) in [6, 6.07) is 18.9. The Kier molecular flexibility index (Phi) is 3.60. The second-order valence-electron chi connectivity index (χ2n) is 6.77. The van der Waals surface area contributed by atoms with Crippen molar-refractivity contribution in [1.29, 1.82) is 0 Å². The Labute approximate surface area is 136 Å². The lowest BCUT2D eigenvalue weighted by molar-refractivity contribution is 0.0130. The maximum absolute atomic E-state index is 13.0. The lowest BCUT2D eigenvalue weighted by Crippen LogP contribution is -2.51. The highest BCUT2D eigenvalue weighted by Crippen LogP contribution is 2.57. The maximum atomic E-state index is 13.0. The van der Waals surface area contributed by atoms with E-state index in [-0.39, 0.29) is 23.4 Å². The smallest absolute Gasteiger partial charge is 0.166 e. The van der Waals surface area contributed by atoms with E-state index in [0.717, 1.165) is 30.4 Å². The number of ketones is 2. The Bertz CT molecular complexity index is 657. The van der Waals surface area contributed by atoms with Crippen molar-refractivity contribution in [2.75, 3.05) is 0 Å². The van der Waals surface area contributed by atoms with Crippen LogP contribution in [0, 0.1) is 23.7 Å². The van der Waals surface area contributed by atoms with Crippen molar-refractivity contribution in [3.63, 3.8) is 0 Å². The number of hydrogen-bond acceptors (Lipinski definition) is 2. The molecule has 0 saturated heterocycles. The molecule has 2 saturated carbocycles. The first-order chi connectivity index (χ1) is 11.3. The average molecular weight is 304 g/mol. The number of Topliss-reactive ketones (excluding diaryl/α,β-unsaturated/α-hetero) is 2. The maximum Gasteiger partial charge on any atom is 0.166 e. The van der Waals surface area contributed by atoms with E-state index in [0.29, 0.717) is 11.8 Å². The first-order valence-electron chi connectivity index (χ1n) is 8.46. The largest absolute Gasteiger partial charge is 0.294 e. The molecular weight excluding hydrogens is 284 g/mol. The molecule has 0 amide bonds. The zero-order valence-corrected chi connectivity index (χ0v) is 13.0. The highest BCUT2D eigenvalue weighted by molar-refractivity contribution is 6.06. The van der Waals surface area contributed by atoms with Gasteiger partial charge in [-0.15, -0.1) is 0 Å². The third-order valence-electron chi connectivity index (χ3n) is 5.66. The normalized spacial score (nSPS) is 28.7. The lowest BCUT2D eigenvalue weighted by Gasteiger charge is -2.47. The van der Waals surface area contributed by atoms with Crippen LogP contribution >= 0.6 is 0 Å². The molecule has 116 valence electrons. The van der Waals surface area contributed by atoms with Gasteiger partial charge in [-0.25, -0.2) is 0 Å². The molecule has 2 aliphatic carbocycles. The monoisotopic (exact) mass is 304 g/mol. The molecule has 0 bridgehead atoms. The number of fused-ring (bicyclic) bond motifs is 1. The van der Waals surface area contributed by atoms with E-state index in [9.17, 15) is 9.59 Å². The molecule has 0 heterocycles. The number of rotatable bonds is 4. The molecule has 0 radical (unpaired) electrons. The van der Waals surface area contributed by atoms with Gasteiger partial charge < -0.3 is 0 Å². The molecule has 0 aromatic heterocycles. The Hall–Kier alpha value is -2.22. The van der Waals surface area contributed by atoms with Crippen LogP contribution < -0.4 is 0 Å². The molecule has 0 aliphatic heterocycles. The molecule has 0 unspecified atom stereocenters. The van der Waals surface area contributed by atoms with E-state index in [1.165, 1.54) is 0 Å². The Morgan fingerprint density at radius 2 is 1.04 bits per heavy atom. The van der Waals surface area contributed by atoms with Gasteiger partial charge in [-0.1, -0.05) is 67.1 Å². The fourth-order valence-electron chi connectivity index (χ4n) is 4.60. The van der Waals surface area contributed by atoms with E-state index in [2.05, 4.69) is 0 Å². The van der Waals surface area contributed by atoms with Crippen LogP contribution in [0.4, 0.5) is 0 Å². The molecule has 2 fully saturated rings. The molecule has 4 rings (SSSR count). The van der Waals surface area contributed by atoms with Gasteiger partial charge in [0.25, 0.3) is 0 Å². The van der Waals surface area contributed by atoms with Crippen molar-refractivity contribution in [1.82, 2.24) is 0 Å². The quantitative estimate of drug-likeness (QED) is 0.784. The molecule has 23 heavy (non-hydrogen) atoms. The molecule has 2 aliphatic rings. The highest BCUT2D eigenvalue weighted by Gasteiger charge is 2.58. The van der Waals surface area contributed by atoms with Crippen molar-refractivity contribution in [2.24, 2.45) is 23.7 Å². The topological polar surface area (TPSA) is 34.1 Å². The Balaban J connectivity index is 1.65. The van der Waals surface area contributed by atoms with Gasteiger partial charge in [0.1, 0.15) is 0 Å². The van der Waals surface area contributed by atoms with Crippen molar-refractivity contribution < 1.29 is 9.59 Å². The van der Waals surface area contributed by atoms with Gasteiger partial charge >= 0.3 is 0 Å². The standard InChI is InChI=1S/C21H20O2/c22-20(14-8-3-1-4-9-14)18-16-12-7-13-17(16)19(18)21(23)15-10-5-2-6-11-15/h1-6,8-11,16-19H,7,12-13H2/t16-,17+,18-,19-/m0/s1. The van der Waals surface area contributed by atoms with Crippen LogP contribution in [0.5, 0.6) is 0 Å². The van der Waals surface area contributed by atoms with Gasteiger partial charge in [0, 0.05) is 23.0 Å². The molecule has 2 heteroatoms. The van der Waals surface area contributed by atoms with Gasteiger partial charge in [-0.2, -0.15) is 0 Å². The summed E-state index contributed by atoms with van der Waals surface area (Å²) in [5.74, 6) is 0.863. The fraction of sp³-hybridized carbons (Fsp3) is 0.333. The number of carbonyl (C=O) groups is 2. The van der Waals surface area contributed by atoms with Crippen molar-refractivity contribution >= 4 is 11.6 Å². The van der Waals surface area contributed by atoms with Crippen LogP contribution in [0.1, 0.15) is 40.0 Å². The molecule has 2 nitrogen and oxygen atoms in total. The predicted octanol–water partition coefficient (Wildman–Crippen LogP) is 4.41. The van der Waals surface area contributed by atoms with Crippen LogP contribution in [0.3, 0.4) is 0 Å². The summed E-state index contributed by atoms with van der Waals surface area (Å²) in [6.07, 6.45) is 3.32. The van der Waals surface area contributed by atoms with Crippen LogP contribution in [0.2, 0.25) is 0 Å². The summed E-state index contributed by atoms with van der Waals surface area (Å²) in [4.78, 5) is 25.9. The first-order valence-corrected chi connectivity index (χ1v) is 8.46. The Morgan fingerprint density at radius 3 is 1.43 bits per heavy atom. The van der Waals surface area contributed by atoms with Crippen molar-refractivity contribution in [2.45, 2.75) is 19.3 Å². The second-order valence-corrected chi connectivity index (χ2v) is 6.77. The predicted molar refractivity (Wildman–Crippen MR) is 89.4 cm³/mol. The third-order valence-corrected chi connectivity index (χ3v) is 5.66. The summed E-state index contributed by atoms with van der Waals surface area (Å²) in [5, 5.41) is 0. The van der Waals surface area contributed by atoms with Gasteiger partial charge in [0.05, 0.1) is 0 Å². The lowest BCUT2D eigenvalue weighted by atomic mass is 9.54. The summed E-state index contributed by atoms with van der Waals surface area (Å²) in [5.41, 5.74) is 1.49.